The minimum absolute atomic E-state index is 0.00890. The highest BCUT2D eigenvalue weighted by Gasteiger charge is 2.45. The smallest absolute Gasteiger partial charge is 0.349 e. The Morgan fingerprint density at radius 2 is 1.69 bits per heavy atom. The molecular weight excluding hydrogens is 508 g/mol. The van der Waals surface area contributed by atoms with E-state index < -0.39 is 52.8 Å². The van der Waals surface area contributed by atoms with Gasteiger partial charge in [0.15, 0.2) is 0 Å². The van der Waals surface area contributed by atoms with E-state index in [0.29, 0.717) is 22.7 Å². The summed E-state index contributed by atoms with van der Waals surface area (Å²) < 4.78 is 81.4. The zero-order valence-corrected chi connectivity index (χ0v) is 19.7. The average molecular weight is 527 g/mol. The molecule has 2 amide bonds. The van der Waals surface area contributed by atoms with Crippen LogP contribution in [0.1, 0.15) is 55.1 Å². The number of halogens is 6. The van der Waals surface area contributed by atoms with Crippen molar-refractivity contribution in [3.63, 3.8) is 0 Å². The maximum Gasteiger partial charge on any atom is 0.416 e. The molecule has 190 valence electrons. The van der Waals surface area contributed by atoms with Crippen molar-refractivity contribution in [3.05, 3.63) is 86.4 Å². The Bertz CT molecular complexity index is 1270. The van der Waals surface area contributed by atoms with Crippen molar-refractivity contribution in [1.82, 2.24) is 15.2 Å². The van der Waals surface area contributed by atoms with Crippen LogP contribution in [0.25, 0.3) is 0 Å². The molecular formula is C24H19F6N3O2S. The second-order valence-electron chi connectivity index (χ2n) is 8.41. The number of aromatic nitrogens is 1. The van der Waals surface area contributed by atoms with E-state index in [9.17, 15) is 35.9 Å². The minimum Gasteiger partial charge on any atom is -0.349 e. The lowest BCUT2D eigenvalue weighted by Gasteiger charge is -2.40. The predicted octanol–water partition coefficient (Wildman–Crippen LogP) is 5.72. The lowest BCUT2D eigenvalue weighted by molar-refractivity contribution is -0.143. The van der Waals surface area contributed by atoms with Gasteiger partial charge < -0.3 is 10.2 Å². The molecule has 2 aromatic carbocycles. The van der Waals surface area contributed by atoms with Gasteiger partial charge in [-0.15, -0.1) is 11.3 Å². The topological polar surface area (TPSA) is 62.3 Å². The largest absolute Gasteiger partial charge is 0.416 e. The van der Waals surface area contributed by atoms with Gasteiger partial charge in [-0.3, -0.25) is 9.59 Å². The number of carbonyl (C=O) groups is 2. The summed E-state index contributed by atoms with van der Waals surface area (Å²) in [5.74, 6) is -2.55. The number of amides is 2. The minimum atomic E-state index is -5.08. The Morgan fingerprint density at radius 3 is 2.25 bits per heavy atom. The second-order valence-corrected chi connectivity index (χ2v) is 9.39. The third kappa shape index (κ3) is 4.95. The molecule has 0 spiro atoms. The van der Waals surface area contributed by atoms with Crippen LogP contribution in [0.3, 0.4) is 0 Å². The van der Waals surface area contributed by atoms with Crippen molar-refractivity contribution in [3.8, 4) is 0 Å². The molecule has 36 heavy (non-hydrogen) atoms. The summed E-state index contributed by atoms with van der Waals surface area (Å²) in [6.45, 7) is 1.73. The number of hydrogen-bond donors (Lipinski definition) is 1. The van der Waals surface area contributed by atoms with Crippen molar-refractivity contribution in [1.29, 1.82) is 0 Å². The molecule has 12 heteroatoms. The van der Waals surface area contributed by atoms with Crippen LogP contribution in [-0.2, 0) is 23.7 Å². The van der Waals surface area contributed by atoms with Gasteiger partial charge in [0.25, 0.3) is 5.91 Å². The monoisotopic (exact) mass is 527 g/mol. The van der Waals surface area contributed by atoms with Gasteiger partial charge in [-0.25, -0.2) is 4.98 Å². The number of nitrogens with one attached hydrogen (secondary N) is 1. The molecule has 0 fully saturated rings. The molecule has 2 heterocycles. The number of carbonyl (C=O) groups excluding carboxylic acids is 2. The number of likely N-dealkylation sites (N-methyl/N-ethyl adjacent to an activating group) is 1. The fraction of sp³-hybridized carbons (Fsp3) is 0.292. The number of rotatable bonds is 4. The molecule has 4 rings (SSSR count). The number of benzene rings is 2. The molecule has 0 aliphatic carbocycles. The first kappa shape index (κ1) is 25.7. The van der Waals surface area contributed by atoms with E-state index >= 15 is 0 Å². The third-order valence-corrected chi connectivity index (χ3v) is 6.74. The molecule has 1 aliphatic rings. The summed E-state index contributed by atoms with van der Waals surface area (Å²) in [5.41, 5.74) is -2.42. The van der Waals surface area contributed by atoms with Gasteiger partial charge in [0.05, 0.1) is 29.6 Å². The Kier molecular flexibility index (Phi) is 6.58. The Morgan fingerprint density at radius 1 is 1.06 bits per heavy atom. The van der Waals surface area contributed by atoms with Crippen LogP contribution < -0.4 is 5.32 Å². The van der Waals surface area contributed by atoms with Gasteiger partial charge >= 0.3 is 12.4 Å². The normalized spacial score (nSPS) is 18.2. The van der Waals surface area contributed by atoms with Crippen LogP contribution >= 0.6 is 11.3 Å². The number of alkyl halides is 6. The SMILES string of the molecule is Cc1ccc2c(c1)C(=O)N(C)C(c1cc(C(F)(F)F)cc(C(F)(F)F)c1)C2C(=O)NCc1nccs1. The van der Waals surface area contributed by atoms with Crippen LogP contribution in [0.2, 0.25) is 0 Å². The van der Waals surface area contributed by atoms with Crippen LogP contribution in [0.15, 0.2) is 48.0 Å². The molecule has 0 saturated carbocycles. The molecule has 0 bridgehead atoms. The van der Waals surface area contributed by atoms with Crippen molar-refractivity contribution in [2.45, 2.75) is 37.8 Å². The van der Waals surface area contributed by atoms with Gasteiger partial charge in [-0.05, 0) is 42.3 Å². The van der Waals surface area contributed by atoms with E-state index in [1.54, 1.807) is 24.4 Å². The van der Waals surface area contributed by atoms with Crippen molar-refractivity contribution < 1.29 is 35.9 Å². The number of fused-ring (bicyclic) bond motifs is 1. The fourth-order valence-electron chi connectivity index (χ4n) is 4.30. The molecule has 1 aliphatic heterocycles. The molecule has 0 saturated heterocycles. The summed E-state index contributed by atoms with van der Waals surface area (Å²) >= 11 is 1.27. The van der Waals surface area contributed by atoms with Gasteiger partial charge in [-0.1, -0.05) is 17.7 Å². The number of aryl methyl sites for hydroxylation is 1. The number of hydrogen-bond acceptors (Lipinski definition) is 4. The van der Waals surface area contributed by atoms with Crippen LogP contribution in [0, 0.1) is 6.92 Å². The molecule has 3 aromatic rings. The van der Waals surface area contributed by atoms with Gasteiger partial charge in [-0.2, -0.15) is 26.3 Å². The lowest BCUT2D eigenvalue weighted by Crippen LogP contribution is -2.45. The standard InChI is InChI=1S/C24H19F6N3O2S/c1-12-3-4-16-17(7-12)22(35)33(2)20(19(16)21(34)32-11-18-31-5-6-36-18)13-8-14(23(25,26)27)10-15(9-13)24(28,29)30/h3-10,19-20H,11H2,1-2H3,(H,32,34). The summed E-state index contributed by atoms with van der Waals surface area (Å²) in [7, 11) is 1.26. The van der Waals surface area contributed by atoms with Crippen LogP contribution in [0.4, 0.5) is 26.3 Å². The zero-order valence-electron chi connectivity index (χ0n) is 18.9. The van der Waals surface area contributed by atoms with Gasteiger partial charge in [0.1, 0.15) is 5.01 Å². The Hall–Kier alpha value is -3.41. The molecule has 2 atom stereocenters. The zero-order chi connectivity index (χ0) is 26.4. The predicted molar refractivity (Wildman–Crippen MR) is 119 cm³/mol. The van der Waals surface area contributed by atoms with Crippen LogP contribution in [-0.4, -0.2) is 28.7 Å². The highest BCUT2D eigenvalue weighted by Crippen LogP contribution is 2.45. The summed E-state index contributed by atoms with van der Waals surface area (Å²) in [4.78, 5) is 31.7. The van der Waals surface area contributed by atoms with Crippen LogP contribution in [0.5, 0.6) is 0 Å². The Labute approximate surface area is 205 Å². The third-order valence-electron chi connectivity index (χ3n) is 5.96. The maximum absolute atomic E-state index is 13.6. The van der Waals surface area contributed by atoms with E-state index in [-0.39, 0.29) is 23.7 Å². The maximum atomic E-state index is 13.6. The number of nitrogens with zero attached hydrogens (tertiary/aromatic N) is 2. The van der Waals surface area contributed by atoms with Crippen molar-refractivity contribution in [2.24, 2.45) is 0 Å². The summed E-state index contributed by atoms with van der Waals surface area (Å²) in [5, 5.41) is 4.91. The summed E-state index contributed by atoms with van der Waals surface area (Å²) in [6.07, 6.45) is -8.63. The van der Waals surface area contributed by atoms with E-state index in [1.807, 2.05) is 0 Å². The first-order chi connectivity index (χ1) is 16.8. The highest BCUT2D eigenvalue weighted by atomic mass is 32.1. The molecule has 1 N–H and O–H groups in total. The van der Waals surface area contributed by atoms with Crippen molar-refractivity contribution in [2.75, 3.05) is 7.05 Å². The first-order valence-electron chi connectivity index (χ1n) is 10.6. The van der Waals surface area contributed by atoms with E-state index in [2.05, 4.69) is 10.3 Å². The van der Waals surface area contributed by atoms with E-state index in [4.69, 9.17) is 0 Å². The van der Waals surface area contributed by atoms with E-state index in [1.165, 1.54) is 30.6 Å². The Balaban J connectivity index is 1.88. The quantitative estimate of drug-likeness (QED) is 0.442. The van der Waals surface area contributed by atoms with Crippen molar-refractivity contribution >= 4 is 23.2 Å². The van der Waals surface area contributed by atoms with E-state index in [0.717, 1.165) is 4.90 Å². The average Bonchev–Trinajstić information content (AvgIpc) is 3.32. The molecule has 2 unspecified atom stereocenters. The molecule has 1 aromatic heterocycles. The summed E-state index contributed by atoms with van der Waals surface area (Å²) in [6, 6.07) is 4.39. The van der Waals surface area contributed by atoms with Gasteiger partial charge in [0, 0.05) is 24.2 Å². The number of thiazole rings is 1. The molecule has 5 nitrogen and oxygen atoms in total. The molecule has 0 radical (unpaired) electrons. The second kappa shape index (κ2) is 9.23. The first-order valence-corrected chi connectivity index (χ1v) is 11.5. The highest BCUT2D eigenvalue weighted by molar-refractivity contribution is 7.09. The fourth-order valence-corrected chi connectivity index (χ4v) is 4.86. The lowest BCUT2D eigenvalue weighted by atomic mass is 9.78. The van der Waals surface area contributed by atoms with Gasteiger partial charge in [0.2, 0.25) is 5.91 Å².